The van der Waals surface area contributed by atoms with Gasteiger partial charge in [-0.2, -0.15) is 0 Å². The lowest BCUT2D eigenvalue weighted by Crippen LogP contribution is -2.20. The Morgan fingerprint density at radius 1 is 1.20 bits per heavy atom. The van der Waals surface area contributed by atoms with E-state index in [1.54, 1.807) is 30.9 Å². The first-order valence-electron chi connectivity index (χ1n) is 6.11. The molecule has 1 nitrogen and oxygen atoms in total. The summed E-state index contributed by atoms with van der Waals surface area (Å²) in [7, 11) is 1.73. The fourth-order valence-electron chi connectivity index (χ4n) is 1.85. The van der Waals surface area contributed by atoms with Crippen molar-refractivity contribution in [2.24, 2.45) is 0 Å². The van der Waals surface area contributed by atoms with Gasteiger partial charge in [-0.15, -0.1) is 11.8 Å². The summed E-state index contributed by atoms with van der Waals surface area (Å²) in [6, 6.07) is 11.4. The zero-order valence-corrected chi connectivity index (χ0v) is 12.4. The molecule has 0 bridgehead atoms. The molecule has 1 atom stereocenters. The first-order valence-corrected chi connectivity index (χ1v) is 7.47. The van der Waals surface area contributed by atoms with Gasteiger partial charge < -0.3 is 5.32 Å². The third kappa shape index (κ3) is 3.72. The number of thioether (sulfide) groups is 1. The Morgan fingerprint density at radius 2 is 1.95 bits per heavy atom. The highest BCUT2D eigenvalue weighted by atomic mass is 35.5. The molecule has 0 spiro atoms. The minimum atomic E-state index is -0.824. The lowest BCUT2D eigenvalue weighted by Gasteiger charge is -2.17. The molecule has 0 aromatic heterocycles. The molecule has 0 saturated carbocycles. The van der Waals surface area contributed by atoms with Gasteiger partial charge in [0.1, 0.15) is 0 Å². The van der Waals surface area contributed by atoms with Crippen molar-refractivity contribution in [3.63, 3.8) is 0 Å². The van der Waals surface area contributed by atoms with Crippen LogP contribution in [-0.2, 0) is 0 Å². The van der Waals surface area contributed by atoms with Crippen molar-refractivity contribution in [3.05, 3.63) is 64.7 Å². The summed E-state index contributed by atoms with van der Waals surface area (Å²) < 4.78 is 27.0. The van der Waals surface area contributed by atoms with E-state index in [0.717, 1.165) is 11.0 Å². The van der Waals surface area contributed by atoms with E-state index in [2.05, 4.69) is 5.32 Å². The van der Waals surface area contributed by atoms with Crippen LogP contribution in [0.25, 0.3) is 0 Å². The molecule has 0 amide bonds. The Hall–Kier alpha value is -1.10. The maximum absolute atomic E-state index is 13.8. The summed E-state index contributed by atoms with van der Waals surface area (Å²) in [6.45, 7) is 0. The van der Waals surface area contributed by atoms with Crippen LogP contribution in [-0.4, -0.2) is 12.8 Å². The molecule has 2 rings (SSSR count). The number of halogens is 3. The molecule has 20 heavy (non-hydrogen) atoms. The van der Waals surface area contributed by atoms with Crippen LogP contribution >= 0.6 is 23.4 Å². The molecule has 1 unspecified atom stereocenters. The summed E-state index contributed by atoms with van der Waals surface area (Å²) in [5.74, 6) is -1.04. The van der Waals surface area contributed by atoms with E-state index in [1.807, 2.05) is 18.2 Å². The molecule has 0 aliphatic carbocycles. The van der Waals surface area contributed by atoms with Gasteiger partial charge in [0.2, 0.25) is 0 Å². The van der Waals surface area contributed by atoms with Crippen LogP contribution in [0.3, 0.4) is 0 Å². The van der Waals surface area contributed by atoms with Crippen LogP contribution in [0.5, 0.6) is 0 Å². The van der Waals surface area contributed by atoms with E-state index in [-0.39, 0.29) is 6.04 Å². The molecule has 0 heterocycles. The molecule has 0 aliphatic heterocycles. The van der Waals surface area contributed by atoms with Crippen LogP contribution in [0.15, 0.2) is 47.4 Å². The van der Waals surface area contributed by atoms with Gasteiger partial charge in [-0.25, -0.2) is 8.78 Å². The van der Waals surface area contributed by atoms with Crippen molar-refractivity contribution >= 4 is 23.4 Å². The van der Waals surface area contributed by atoms with Gasteiger partial charge in [0, 0.05) is 27.3 Å². The molecule has 5 heteroatoms. The number of nitrogens with one attached hydrogen (secondary N) is 1. The second-order valence-corrected chi connectivity index (χ2v) is 5.78. The fourth-order valence-corrected chi connectivity index (χ4v) is 3.20. The standard InChI is InChI=1S/C15H14ClF2NS/c1-19-14(12-6-3-7-13(17)15(12)18)9-20-11-5-2-4-10(16)8-11/h2-8,14,19H,9H2,1H3. The van der Waals surface area contributed by atoms with E-state index in [9.17, 15) is 8.78 Å². The van der Waals surface area contributed by atoms with Crippen LogP contribution in [0.4, 0.5) is 8.78 Å². The first kappa shape index (κ1) is 15.3. The molecule has 1 N–H and O–H groups in total. The topological polar surface area (TPSA) is 12.0 Å². The summed E-state index contributed by atoms with van der Waals surface area (Å²) in [5, 5.41) is 3.67. The molecular weight excluding hydrogens is 300 g/mol. The Balaban J connectivity index is 2.11. The predicted octanol–water partition coefficient (Wildman–Crippen LogP) is 4.67. The number of hydrogen-bond donors (Lipinski definition) is 1. The van der Waals surface area contributed by atoms with Gasteiger partial charge >= 0.3 is 0 Å². The van der Waals surface area contributed by atoms with Crippen molar-refractivity contribution in [1.82, 2.24) is 5.32 Å². The van der Waals surface area contributed by atoms with Gasteiger partial charge in [-0.1, -0.05) is 29.8 Å². The lowest BCUT2D eigenvalue weighted by molar-refractivity contribution is 0.484. The highest BCUT2D eigenvalue weighted by molar-refractivity contribution is 7.99. The third-order valence-electron chi connectivity index (χ3n) is 2.92. The van der Waals surface area contributed by atoms with Gasteiger partial charge in [-0.05, 0) is 31.3 Å². The smallest absolute Gasteiger partial charge is 0.163 e. The SMILES string of the molecule is CNC(CSc1cccc(Cl)c1)c1cccc(F)c1F. The Morgan fingerprint density at radius 3 is 2.65 bits per heavy atom. The minimum absolute atomic E-state index is 0.269. The van der Waals surface area contributed by atoms with Crippen LogP contribution < -0.4 is 5.32 Å². The highest BCUT2D eigenvalue weighted by Crippen LogP contribution is 2.28. The fraction of sp³-hybridized carbons (Fsp3) is 0.200. The second kappa shape index (κ2) is 7.07. The maximum atomic E-state index is 13.8. The summed E-state index contributed by atoms with van der Waals surface area (Å²) in [5.41, 5.74) is 0.335. The third-order valence-corrected chi connectivity index (χ3v) is 4.24. The number of hydrogen-bond acceptors (Lipinski definition) is 2. The molecule has 2 aromatic rings. The van der Waals surface area contributed by atoms with Crippen molar-refractivity contribution in [2.75, 3.05) is 12.8 Å². The molecule has 0 aliphatic rings. The van der Waals surface area contributed by atoms with Gasteiger partial charge in [-0.3, -0.25) is 0 Å². The van der Waals surface area contributed by atoms with Crippen LogP contribution in [0, 0.1) is 11.6 Å². The Labute approximate surface area is 126 Å². The average molecular weight is 314 g/mol. The number of rotatable bonds is 5. The van der Waals surface area contributed by atoms with Crippen LogP contribution in [0.2, 0.25) is 5.02 Å². The van der Waals surface area contributed by atoms with E-state index in [1.165, 1.54) is 6.07 Å². The maximum Gasteiger partial charge on any atom is 0.163 e. The van der Waals surface area contributed by atoms with E-state index in [0.29, 0.717) is 16.3 Å². The minimum Gasteiger partial charge on any atom is -0.312 e. The van der Waals surface area contributed by atoms with Crippen molar-refractivity contribution in [3.8, 4) is 0 Å². The normalized spacial score (nSPS) is 12.4. The largest absolute Gasteiger partial charge is 0.312 e. The van der Waals surface area contributed by atoms with Crippen molar-refractivity contribution in [1.29, 1.82) is 0 Å². The van der Waals surface area contributed by atoms with E-state index < -0.39 is 11.6 Å². The Bertz CT molecular complexity index is 592. The summed E-state index contributed by atoms with van der Waals surface area (Å²) >= 11 is 7.46. The first-order chi connectivity index (χ1) is 9.61. The zero-order valence-electron chi connectivity index (χ0n) is 10.9. The molecule has 2 aromatic carbocycles. The van der Waals surface area contributed by atoms with Gasteiger partial charge in [0.15, 0.2) is 11.6 Å². The molecule has 0 fully saturated rings. The molecule has 106 valence electrons. The monoisotopic (exact) mass is 313 g/mol. The highest BCUT2D eigenvalue weighted by Gasteiger charge is 2.16. The summed E-state index contributed by atoms with van der Waals surface area (Å²) in [4.78, 5) is 0.995. The van der Waals surface area contributed by atoms with Crippen LogP contribution in [0.1, 0.15) is 11.6 Å². The van der Waals surface area contributed by atoms with Crippen molar-refractivity contribution < 1.29 is 8.78 Å². The molecule has 0 saturated heterocycles. The molecule has 0 radical (unpaired) electrons. The van der Waals surface area contributed by atoms with E-state index in [4.69, 9.17) is 11.6 Å². The van der Waals surface area contributed by atoms with Crippen molar-refractivity contribution in [2.45, 2.75) is 10.9 Å². The second-order valence-electron chi connectivity index (χ2n) is 4.25. The predicted molar refractivity (Wildman–Crippen MR) is 80.3 cm³/mol. The van der Waals surface area contributed by atoms with E-state index >= 15 is 0 Å². The lowest BCUT2D eigenvalue weighted by atomic mass is 10.1. The Kier molecular flexibility index (Phi) is 5.40. The van der Waals surface area contributed by atoms with Gasteiger partial charge in [0.05, 0.1) is 0 Å². The summed E-state index contributed by atoms with van der Waals surface area (Å²) in [6.07, 6.45) is 0. The average Bonchev–Trinajstić information content (AvgIpc) is 2.44. The number of benzene rings is 2. The quantitative estimate of drug-likeness (QED) is 0.805. The zero-order chi connectivity index (χ0) is 14.5. The molecular formula is C15H14ClF2NS. The van der Waals surface area contributed by atoms with Gasteiger partial charge in [0.25, 0.3) is 0 Å².